The number of hydrogen-bond acceptors (Lipinski definition) is 3. The van der Waals surface area contributed by atoms with Gasteiger partial charge in [0.2, 0.25) is 0 Å². The lowest BCUT2D eigenvalue weighted by atomic mass is 9.90. The molecule has 0 spiro atoms. The van der Waals surface area contributed by atoms with Crippen LogP contribution in [0.4, 0.5) is 5.82 Å². The zero-order valence-electron chi connectivity index (χ0n) is 12.4. The Kier molecular flexibility index (Phi) is 4.17. The molecule has 4 nitrogen and oxygen atoms in total. The van der Waals surface area contributed by atoms with Crippen LogP contribution in [0.15, 0.2) is 17.5 Å². The first-order chi connectivity index (χ1) is 9.72. The van der Waals surface area contributed by atoms with Crippen LogP contribution in [0.3, 0.4) is 0 Å². The lowest BCUT2D eigenvalue weighted by Crippen LogP contribution is -2.28. The predicted molar refractivity (Wildman–Crippen MR) is 85.7 cm³/mol. The number of hydrogen-bond donors (Lipinski definition) is 2. The summed E-state index contributed by atoms with van der Waals surface area (Å²) < 4.78 is 2.14. The lowest BCUT2D eigenvalue weighted by Gasteiger charge is -2.35. The van der Waals surface area contributed by atoms with Crippen molar-refractivity contribution in [2.24, 2.45) is 16.8 Å². The minimum atomic E-state index is -0.757. The summed E-state index contributed by atoms with van der Waals surface area (Å²) in [7, 11) is 0. The summed E-state index contributed by atoms with van der Waals surface area (Å²) >= 11 is -0.757. The van der Waals surface area contributed by atoms with Crippen LogP contribution < -0.4 is 0 Å². The van der Waals surface area contributed by atoms with E-state index in [1.807, 2.05) is 12.5 Å². The van der Waals surface area contributed by atoms with Gasteiger partial charge in [-0.25, -0.2) is 9.98 Å². The van der Waals surface area contributed by atoms with Crippen LogP contribution in [0.25, 0.3) is 0 Å². The molecule has 5 heteroatoms. The third kappa shape index (κ3) is 2.42. The van der Waals surface area contributed by atoms with Gasteiger partial charge in [0, 0.05) is 5.92 Å². The van der Waals surface area contributed by atoms with Crippen molar-refractivity contribution in [3.63, 3.8) is 0 Å². The highest BCUT2D eigenvalue weighted by molar-refractivity contribution is 8.29. The second-order valence-electron chi connectivity index (χ2n) is 6.03. The number of aromatic nitrogens is 2. The predicted octanol–water partition coefficient (Wildman–Crippen LogP) is 3.64. The summed E-state index contributed by atoms with van der Waals surface area (Å²) in [5.41, 5.74) is -0.256. The zero-order chi connectivity index (χ0) is 14.1. The minimum absolute atomic E-state index is 0.256. The summed E-state index contributed by atoms with van der Waals surface area (Å²) in [5, 5.41) is 12.2. The largest absolute Gasteiger partial charge is 0.382 e. The van der Waals surface area contributed by atoms with Gasteiger partial charge in [-0.05, 0) is 25.2 Å². The van der Waals surface area contributed by atoms with E-state index in [1.165, 1.54) is 24.3 Å². The molecule has 0 amide bonds. The smallest absolute Gasteiger partial charge is 0.162 e. The van der Waals surface area contributed by atoms with Crippen molar-refractivity contribution in [1.29, 1.82) is 0 Å². The molecule has 20 heavy (non-hydrogen) atoms. The van der Waals surface area contributed by atoms with Gasteiger partial charge >= 0.3 is 0 Å². The van der Waals surface area contributed by atoms with Crippen LogP contribution in [0.5, 0.6) is 0 Å². The van der Waals surface area contributed by atoms with Crippen molar-refractivity contribution >= 4 is 21.9 Å². The molecule has 2 aliphatic rings. The van der Waals surface area contributed by atoms with Gasteiger partial charge in [0.25, 0.3) is 0 Å². The van der Waals surface area contributed by atoms with Gasteiger partial charge in [-0.1, -0.05) is 33.1 Å². The number of rotatable bonds is 4. The summed E-state index contributed by atoms with van der Waals surface area (Å²) in [5.74, 6) is 1.82. The number of aliphatic imine (C=N–C) groups is 1. The third-order valence-electron chi connectivity index (χ3n) is 4.67. The number of thiol groups is 1. The van der Waals surface area contributed by atoms with Crippen LogP contribution >= 0.6 is 11.1 Å². The maximum atomic E-state index is 11.0. The summed E-state index contributed by atoms with van der Waals surface area (Å²) in [6.07, 6.45) is 10.9. The highest BCUT2D eigenvalue weighted by Gasteiger charge is 2.36. The topological polar surface area (TPSA) is 50.4 Å². The molecule has 1 aromatic rings. The van der Waals surface area contributed by atoms with Gasteiger partial charge in [0.15, 0.2) is 5.82 Å². The average Bonchev–Trinajstić information content (AvgIpc) is 3.07. The molecule has 1 fully saturated rings. The van der Waals surface area contributed by atoms with E-state index < -0.39 is 11.1 Å². The number of imidazole rings is 1. The monoisotopic (exact) mass is 295 g/mol. The zero-order valence-corrected chi connectivity index (χ0v) is 13.3. The normalized spacial score (nSPS) is 27.9. The molecule has 1 aliphatic carbocycles. The van der Waals surface area contributed by atoms with Gasteiger partial charge in [-0.2, -0.15) is 0 Å². The first kappa shape index (κ1) is 14.1. The van der Waals surface area contributed by atoms with Crippen molar-refractivity contribution in [3.8, 4) is 0 Å². The molecular weight excluding hydrogens is 270 g/mol. The Morgan fingerprint density at radius 1 is 1.40 bits per heavy atom. The Morgan fingerprint density at radius 2 is 2.15 bits per heavy atom. The first-order valence-electron chi connectivity index (χ1n) is 7.81. The number of fused-ring (bicyclic) bond motifs is 1. The standard InChI is InChI=1S/C15H25N3OS/c1-3-11(2)14-17-13-9-16-10-18(13)20(14)15(19)12-7-5-4-6-8-12/h9-12,15,19-20H,3-8H2,1-2H3. The summed E-state index contributed by atoms with van der Waals surface area (Å²) in [6, 6.07) is 0. The van der Waals surface area contributed by atoms with Crippen molar-refractivity contribution < 1.29 is 5.11 Å². The van der Waals surface area contributed by atoms with Crippen molar-refractivity contribution in [2.75, 3.05) is 0 Å². The van der Waals surface area contributed by atoms with E-state index >= 15 is 0 Å². The Hall–Kier alpha value is -0.810. The Labute approximate surface area is 123 Å². The molecule has 0 saturated heterocycles. The highest BCUT2D eigenvalue weighted by Crippen LogP contribution is 2.50. The second-order valence-corrected chi connectivity index (χ2v) is 8.14. The van der Waals surface area contributed by atoms with Crippen molar-refractivity contribution in [3.05, 3.63) is 12.5 Å². The van der Waals surface area contributed by atoms with Gasteiger partial charge in [0.1, 0.15) is 11.8 Å². The molecule has 2 heterocycles. The fourth-order valence-corrected chi connectivity index (χ4v) is 5.99. The molecule has 1 aliphatic heterocycles. The first-order valence-corrected chi connectivity index (χ1v) is 9.17. The SMILES string of the molecule is CCC(C)C1=Nc2cncn2[SH]1C(O)C1CCCCC1. The maximum Gasteiger partial charge on any atom is 0.162 e. The van der Waals surface area contributed by atoms with Gasteiger partial charge in [0.05, 0.1) is 11.2 Å². The maximum absolute atomic E-state index is 11.0. The van der Waals surface area contributed by atoms with Gasteiger partial charge in [-0.15, -0.1) is 11.1 Å². The molecule has 3 rings (SSSR count). The molecule has 0 bridgehead atoms. The molecule has 3 unspecified atom stereocenters. The Balaban J connectivity index is 1.87. The summed E-state index contributed by atoms with van der Waals surface area (Å²) in [6.45, 7) is 4.42. The van der Waals surface area contributed by atoms with Crippen molar-refractivity contribution in [1.82, 2.24) is 8.96 Å². The van der Waals surface area contributed by atoms with Gasteiger partial charge in [-0.3, -0.25) is 3.97 Å². The van der Waals surface area contributed by atoms with E-state index in [-0.39, 0.29) is 5.44 Å². The van der Waals surface area contributed by atoms with Gasteiger partial charge < -0.3 is 5.11 Å². The molecule has 1 saturated carbocycles. The third-order valence-corrected chi connectivity index (χ3v) is 7.38. The highest BCUT2D eigenvalue weighted by atomic mass is 32.2. The van der Waals surface area contributed by atoms with Crippen LogP contribution in [0.1, 0.15) is 52.4 Å². The lowest BCUT2D eigenvalue weighted by molar-refractivity contribution is 0.158. The van der Waals surface area contributed by atoms with E-state index in [0.717, 1.165) is 25.1 Å². The average molecular weight is 295 g/mol. The number of aliphatic hydroxyl groups is 1. The van der Waals surface area contributed by atoms with E-state index in [4.69, 9.17) is 4.99 Å². The molecular formula is C15H25N3OS. The van der Waals surface area contributed by atoms with Crippen LogP contribution in [0.2, 0.25) is 0 Å². The van der Waals surface area contributed by atoms with Crippen LogP contribution in [-0.4, -0.2) is 24.5 Å². The number of aliphatic hydroxyl groups excluding tert-OH is 1. The Bertz CT molecular complexity index is 493. The quantitative estimate of drug-likeness (QED) is 0.833. The number of nitrogens with zero attached hydrogens (tertiary/aromatic N) is 3. The summed E-state index contributed by atoms with van der Waals surface area (Å²) in [4.78, 5) is 8.97. The minimum Gasteiger partial charge on any atom is -0.382 e. The molecule has 0 aromatic carbocycles. The van der Waals surface area contributed by atoms with E-state index in [1.54, 1.807) is 0 Å². The molecule has 1 N–H and O–H groups in total. The van der Waals surface area contributed by atoms with E-state index in [2.05, 4.69) is 22.8 Å². The van der Waals surface area contributed by atoms with E-state index in [0.29, 0.717) is 11.8 Å². The van der Waals surface area contributed by atoms with E-state index in [9.17, 15) is 5.11 Å². The molecule has 112 valence electrons. The fourth-order valence-electron chi connectivity index (χ4n) is 3.22. The van der Waals surface area contributed by atoms with Crippen LogP contribution in [0, 0.1) is 11.8 Å². The van der Waals surface area contributed by atoms with Crippen molar-refractivity contribution in [2.45, 2.75) is 57.8 Å². The fraction of sp³-hybridized carbons (Fsp3) is 0.733. The second kappa shape index (κ2) is 5.90. The Morgan fingerprint density at radius 3 is 2.85 bits per heavy atom. The molecule has 3 atom stereocenters. The molecule has 1 aromatic heterocycles. The molecule has 0 radical (unpaired) electrons. The van der Waals surface area contributed by atoms with Crippen LogP contribution in [-0.2, 0) is 0 Å².